The SMILES string of the molecule is CC1=CC=CC([C@H]2CC(=O)NC[C@@H](c3cccc(Cl)c3)C2C(=O)Nc2cccc(Cl)c2)C1. The Bertz CT molecular complexity index is 1080. The van der Waals surface area contributed by atoms with Gasteiger partial charge < -0.3 is 10.6 Å². The number of carbonyl (C=O) groups is 2. The van der Waals surface area contributed by atoms with E-state index in [4.69, 9.17) is 23.2 Å². The number of rotatable bonds is 4. The van der Waals surface area contributed by atoms with E-state index >= 15 is 0 Å². The van der Waals surface area contributed by atoms with Crippen LogP contribution in [0.25, 0.3) is 0 Å². The number of benzene rings is 2. The molecule has 2 aromatic carbocycles. The zero-order valence-corrected chi connectivity index (χ0v) is 19.4. The van der Waals surface area contributed by atoms with Gasteiger partial charge in [-0.3, -0.25) is 9.59 Å². The van der Waals surface area contributed by atoms with E-state index in [1.807, 2.05) is 36.4 Å². The van der Waals surface area contributed by atoms with Gasteiger partial charge in [-0.1, -0.05) is 65.2 Å². The van der Waals surface area contributed by atoms with Crippen molar-refractivity contribution in [2.45, 2.75) is 25.7 Å². The summed E-state index contributed by atoms with van der Waals surface area (Å²) in [6.07, 6.45) is 7.38. The molecule has 1 saturated heterocycles. The van der Waals surface area contributed by atoms with Gasteiger partial charge in [-0.2, -0.15) is 0 Å². The topological polar surface area (TPSA) is 58.2 Å². The fraction of sp³-hybridized carbons (Fsp3) is 0.308. The minimum atomic E-state index is -0.424. The summed E-state index contributed by atoms with van der Waals surface area (Å²) in [5, 5.41) is 7.25. The molecule has 0 aromatic heterocycles. The van der Waals surface area contributed by atoms with E-state index in [1.165, 1.54) is 5.57 Å². The molecule has 4 rings (SSSR count). The van der Waals surface area contributed by atoms with Crippen LogP contribution in [0.5, 0.6) is 0 Å². The molecule has 0 radical (unpaired) electrons. The summed E-state index contributed by atoms with van der Waals surface area (Å²) in [5.74, 6) is -0.822. The second kappa shape index (κ2) is 9.93. The van der Waals surface area contributed by atoms with Gasteiger partial charge in [-0.05, 0) is 61.1 Å². The Morgan fingerprint density at radius 1 is 1.06 bits per heavy atom. The highest BCUT2D eigenvalue weighted by atomic mass is 35.5. The second-order valence-corrected chi connectivity index (χ2v) is 9.50. The molecule has 2 N–H and O–H groups in total. The Balaban J connectivity index is 1.74. The summed E-state index contributed by atoms with van der Waals surface area (Å²) in [6.45, 7) is 2.47. The van der Waals surface area contributed by atoms with Crippen LogP contribution in [-0.4, -0.2) is 18.4 Å². The monoisotopic (exact) mass is 468 g/mol. The maximum atomic E-state index is 13.8. The summed E-state index contributed by atoms with van der Waals surface area (Å²) >= 11 is 12.4. The van der Waals surface area contributed by atoms with Crippen LogP contribution in [0.3, 0.4) is 0 Å². The molecule has 32 heavy (non-hydrogen) atoms. The van der Waals surface area contributed by atoms with Gasteiger partial charge in [0, 0.05) is 34.6 Å². The van der Waals surface area contributed by atoms with E-state index in [-0.39, 0.29) is 29.6 Å². The lowest BCUT2D eigenvalue weighted by atomic mass is 9.69. The average Bonchev–Trinajstić information content (AvgIpc) is 2.93. The van der Waals surface area contributed by atoms with E-state index in [9.17, 15) is 9.59 Å². The van der Waals surface area contributed by atoms with E-state index in [1.54, 1.807) is 18.2 Å². The first-order chi connectivity index (χ1) is 15.4. The Morgan fingerprint density at radius 3 is 2.53 bits per heavy atom. The fourth-order valence-corrected chi connectivity index (χ4v) is 5.26. The van der Waals surface area contributed by atoms with Crippen LogP contribution in [-0.2, 0) is 9.59 Å². The van der Waals surface area contributed by atoms with Gasteiger partial charge in [-0.25, -0.2) is 0 Å². The van der Waals surface area contributed by atoms with Gasteiger partial charge in [0.05, 0.1) is 5.92 Å². The standard InChI is InChI=1S/C26H26Cl2N2O2/c1-16-5-2-6-17(11-16)22-14-24(31)29-15-23(18-7-3-8-19(27)12-18)25(22)26(32)30-21-10-4-9-20(28)13-21/h2-10,12-13,17,22-23,25H,11,14-15H2,1H3,(H,29,31)(H,30,32)/t17?,22-,23+,25?/m1/s1. The number of allylic oxidation sites excluding steroid dienone is 4. The highest BCUT2D eigenvalue weighted by Gasteiger charge is 2.43. The summed E-state index contributed by atoms with van der Waals surface area (Å²) in [4.78, 5) is 26.5. The van der Waals surface area contributed by atoms with E-state index in [0.29, 0.717) is 28.7 Å². The van der Waals surface area contributed by atoms with Crippen molar-refractivity contribution in [1.82, 2.24) is 5.32 Å². The van der Waals surface area contributed by atoms with Crippen molar-refractivity contribution in [1.29, 1.82) is 0 Å². The second-order valence-electron chi connectivity index (χ2n) is 8.62. The fourth-order valence-electron chi connectivity index (χ4n) is 4.88. The Hall–Kier alpha value is -2.56. The molecule has 2 aromatic rings. The van der Waals surface area contributed by atoms with E-state index in [0.717, 1.165) is 12.0 Å². The molecule has 4 nitrogen and oxygen atoms in total. The third-order valence-corrected chi connectivity index (χ3v) is 6.82. The van der Waals surface area contributed by atoms with Crippen molar-refractivity contribution >= 4 is 40.7 Å². The number of hydrogen-bond donors (Lipinski definition) is 2. The molecule has 0 saturated carbocycles. The van der Waals surface area contributed by atoms with Crippen molar-refractivity contribution in [2.75, 3.05) is 11.9 Å². The van der Waals surface area contributed by atoms with Gasteiger partial charge >= 0.3 is 0 Å². The number of carbonyl (C=O) groups excluding carboxylic acids is 2. The van der Waals surface area contributed by atoms with Gasteiger partial charge in [-0.15, -0.1) is 0 Å². The number of anilines is 1. The van der Waals surface area contributed by atoms with Gasteiger partial charge in [0.15, 0.2) is 0 Å². The average molecular weight is 469 g/mol. The lowest BCUT2D eigenvalue weighted by Crippen LogP contribution is -2.38. The molecule has 2 aliphatic rings. The molecule has 6 heteroatoms. The van der Waals surface area contributed by atoms with Crippen LogP contribution >= 0.6 is 23.2 Å². The van der Waals surface area contributed by atoms with Crippen molar-refractivity contribution < 1.29 is 9.59 Å². The van der Waals surface area contributed by atoms with Crippen LogP contribution in [0.15, 0.2) is 72.3 Å². The predicted octanol–water partition coefficient (Wildman–Crippen LogP) is 5.99. The quantitative estimate of drug-likeness (QED) is 0.578. The minimum Gasteiger partial charge on any atom is -0.355 e. The smallest absolute Gasteiger partial charge is 0.228 e. The first-order valence-corrected chi connectivity index (χ1v) is 11.6. The van der Waals surface area contributed by atoms with Crippen molar-refractivity contribution in [3.63, 3.8) is 0 Å². The minimum absolute atomic E-state index is 0.0271. The van der Waals surface area contributed by atoms with Crippen molar-refractivity contribution in [3.05, 3.63) is 87.9 Å². The largest absolute Gasteiger partial charge is 0.355 e. The molecule has 2 amide bonds. The zero-order chi connectivity index (χ0) is 22.7. The maximum Gasteiger partial charge on any atom is 0.228 e. The van der Waals surface area contributed by atoms with Crippen LogP contribution < -0.4 is 10.6 Å². The first kappa shape index (κ1) is 22.6. The van der Waals surface area contributed by atoms with Crippen LogP contribution in [0.1, 0.15) is 31.2 Å². The Morgan fingerprint density at radius 2 is 1.81 bits per heavy atom. The molecule has 166 valence electrons. The number of amides is 2. The molecule has 2 unspecified atom stereocenters. The highest BCUT2D eigenvalue weighted by Crippen LogP contribution is 2.42. The lowest BCUT2D eigenvalue weighted by Gasteiger charge is -2.35. The molecule has 1 heterocycles. The molecule has 1 aliphatic carbocycles. The molecule has 0 bridgehead atoms. The van der Waals surface area contributed by atoms with E-state index < -0.39 is 5.92 Å². The highest BCUT2D eigenvalue weighted by molar-refractivity contribution is 6.31. The van der Waals surface area contributed by atoms with Crippen molar-refractivity contribution in [2.24, 2.45) is 17.8 Å². The molecular weight excluding hydrogens is 443 g/mol. The Kier molecular flexibility index (Phi) is 7.02. The third kappa shape index (κ3) is 5.25. The molecule has 0 spiro atoms. The number of halogens is 2. The van der Waals surface area contributed by atoms with Crippen LogP contribution in [0, 0.1) is 17.8 Å². The summed E-state index contributed by atoms with van der Waals surface area (Å²) < 4.78 is 0. The molecule has 1 fully saturated rings. The van der Waals surface area contributed by atoms with Crippen molar-refractivity contribution in [3.8, 4) is 0 Å². The normalized spacial score (nSPS) is 25.5. The number of hydrogen-bond acceptors (Lipinski definition) is 2. The van der Waals surface area contributed by atoms with Gasteiger partial charge in [0.1, 0.15) is 0 Å². The molecular formula is C26H26Cl2N2O2. The van der Waals surface area contributed by atoms with Gasteiger partial charge in [0.25, 0.3) is 0 Å². The number of nitrogens with one attached hydrogen (secondary N) is 2. The third-order valence-electron chi connectivity index (χ3n) is 6.35. The molecule has 1 aliphatic heterocycles. The lowest BCUT2D eigenvalue weighted by molar-refractivity contribution is -0.124. The van der Waals surface area contributed by atoms with Crippen LogP contribution in [0.4, 0.5) is 5.69 Å². The van der Waals surface area contributed by atoms with Crippen LogP contribution in [0.2, 0.25) is 10.0 Å². The first-order valence-electron chi connectivity index (χ1n) is 10.8. The summed E-state index contributed by atoms with van der Waals surface area (Å²) in [7, 11) is 0. The summed E-state index contributed by atoms with van der Waals surface area (Å²) in [6, 6.07) is 14.7. The predicted molar refractivity (Wildman–Crippen MR) is 130 cm³/mol. The van der Waals surface area contributed by atoms with Gasteiger partial charge in [0.2, 0.25) is 11.8 Å². The zero-order valence-electron chi connectivity index (χ0n) is 17.9. The molecule has 4 atom stereocenters. The maximum absolute atomic E-state index is 13.8. The summed E-state index contributed by atoms with van der Waals surface area (Å²) in [5.41, 5.74) is 2.84. The van der Waals surface area contributed by atoms with E-state index in [2.05, 4.69) is 29.7 Å². The Labute approximate surface area is 198 Å².